The molecule has 2 unspecified atom stereocenters. The molecule has 2 aromatic carbocycles. The average molecular weight is 361 g/mol. The minimum atomic E-state index is -0.607. The molecule has 0 spiro atoms. The summed E-state index contributed by atoms with van der Waals surface area (Å²) in [6, 6.07) is 10.6. The number of amides is 1. The fourth-order valence-corrected chi connectivity index (χ4v) is 3.29. The lowest BCUT2D eigenvalue weighted by molar-refractivity contribution is -0.123. The van der Waals surface area contributed by atoms with Crippen LogP contribution in [0.3, 0.4) is 0 Å². The number of methoxy groups -OCH3 is 1. The van der Waals surface area contributed by atoms with Gasteiger partial charge < -0.3 is 14.8 Å². The molecule has 0 bridgehead atoms. The van der Waals surface area contributed by atoms with E-state index in [9.17, 15) is 13.6 Å². The molecule has 0 radical (unpaired) electrons. The lowest BCUT2D eigenvalue weighted by Gasteiger charge is -2.19. The molecule has 0 heterocycles. The number of para-hydroxylation sites is 2. The van der Waals surface area contributed by atoms with E-state index < -0.39 is 17.0 Å². The Hall–Kier alpha value is -2.63. The molecule has 1 saturated carbocycles. The van der Waals surface area contributed by atoms with Gasteiger partial charge >= 0.3 is 0 Å². The van der Waals surface area contributed by atoms with Gasteiger partial charge in [-0.05, 0) is 36.1 Å². The van der Waals surface area contributed by atoms with E-state index in [4.69, 9.17) is 9.47 Å². The minimum absolute atomic E-state index is 0.170. The van der Waals surface area contributed by atoms with Crippen LogP contribution >= 0.6 is 0 Å². The van der Waals surface area contributed by atoms with Gasteiger partial charge in [-0.3, -0.25) is 4.79 Å². The van der Waals surface area contributed by atoms with Gasteiger partial charge in [0.1, 0.15) is 11.6 Å². The van der Waals surface area contributed by atoms with Gasteiger partial charge in [0, 0.05) is 18.0 Å². The number of halogens is 2. The summed E-state index contributed by atoms with van der Waals surface area (Å²) in [5, 5.41) is 2.80. The number of hydrogen-bond acceptors (Lipinski definition) is 3. The molecule has 0 aromatic heterocycles. The number of rotatable bonds is 7. The van der Waals surface area contributed by atoms with Crippen molar-refractivity contribution in [2.24, 2.45) is 5.92 Å². The Balaban J connectivity index is 1.60. The van der Waals surface area contributed by atoms with Crippen molar-refractivity contribution in [3.05, 3.63) is 59.7 Å². The fourth-order valence-electron chi connectivity index (χ4n) is 3.29. The lowest BCUT2D eigenvalue weighted by atomic mass is 9.92. The van der Waals surface area contributed by atoms with Crippen LogP contribution in [-0.2, 0) is 10.2 Å². The molecule has 0 aliphatic heterocycles. The van der Waals surface area contributed by atoms with Gasteiger partial charge in [-0.2, -0.15) is 0 Å². The van der Waals surface area contributed by atoms with E-state index in [0.717, 1.165) is 12.5 Å². The first kappa shape index (κ1) is 18.2. The first-order valence-electron chi connectivity index (χ1n) is 8.44. The van der Waals surface area contributed by atoms with Gasteiger partial charge in [-0.15, -0.1) is 0 Å². The van der Waals surface area contributed by atoms with Gasteiger partial charge in [0.05, 0.1) is 7.11 Å². The van der Waals surface area contributed by atoms with Crippen LogP contribution in [0, 0.1) is 17.6 Å². The van der Waals surface area contributed by atoms with E-state index in [0.29, 0.717) is 17.1 Å². The Kier molecular flexibility index (Phi) is 5.11. The maximum Gasteiger partial charge on any atom is 0.257 e. The maximum atomic E-state index is 14.1. The molecule has 26 heavy (non-hydrogen) atoms. The molecule has 1 fully saturated rings. The van der Waals surface area contributed by atoms with E-state index >= 15 is 0 Å². The third-order valence-corrected chi connectivity index (χ3v) is 4.95. The molecular formula is C20H21F2NO3. The van der Waals surface area contributed by atoms with Crippen molar-refractivity contribution in [2.45, 2.75) is 18.8 Å². The SMILES string of the molecule is COc1ccccc1OCC(=O)NCC1(c2ccc(F)cc2F)CC1C. The summed E-state index contributed by atoms with van der Waals surface area (Å²) in [6.45, 7) is 2.10. The molecule has 0 saturated heterocycles. The van der Waals surface area contributed by atoms with Gasteiger partial charge in [0.15, 0.2) is 18.1 Å². The summed E-state index contributed by atoms with van der Waals surface area (Å²) in [5.74, 6) is -0.266. The predicted molar refractivity (Wildman–Crippen MR) is 93.3 cm³/mol. The van der Waals surface area contributed by atoms with E-state index in [1.165, 1.54) is 19.2 Å². The second-order valence-corrected chi connectivity index (χ2v) is 6.60. The first-order valence-corrected chi connectivity index (χ1v) is 8.44. The van der Waals surface area contributed by atoms with Crippen LogP contribution in [0.4, 0.5) is 8.78 Å². The van der Waals surface area contributed by atoms with Crippen LogP contribution in [0.2, 0.25) is 0 Å². The Morgan fingerprint density at radius 3 is 2.54 bits per heavy atom. The molecule has 138 valence electrons. The smallest absolute Gasteiger partial charge is 0.257 e. The van der Waals surface area contributed by atoms with Crippen molar-refractivity contribution in [3.63, 3.8) is 0 Å². The largest absolute Gasteiger partial charge is 0.493 e. The second kappa shape index (κ2) is 7.32. The summed E-state index contributed by atoms with van der Waals surface area (Å²) in [4.78, 5) is 12.1. The number of hydrogen-bond donors (Lipinski definition) is 1. The Morgan fingerprint density at radius 2 is 1.92 bits per heavy atom. The zero-order valence-electron chi connectivity index (χ0n) is 14.7. The average Bonchev–Trinajstić information content (AvgIpc) is 3.29. The summed E-state index contributed by atoms with van der Waals surface area (Å²) in [6.07, 6.45) is 0.739. The molecule has 2 aromatic rings. The van der Waals surface area contributed by atoms with Gasteiger partial charge in [0.25, 0.3) is 5.91 Å². The Morgan fingerprint density at radius 1 is 1.23 bits per heavy atom. The zero-order chi connectivity index (χ0) is 18.7. The van der Waals surface area contributed by atoms with Crippen LogP contribution in [0.15, 0.2) is 42.5 Å². The summed E-state index contributed by atoms with van der Waals surface area (Å²) >= 11 is 0. The topological polar surface area (TPSA) is 47.6 Å². The molecule has 6 heteroatoms. The highest BCUT2D eigenvalue weighted by Gasteiger charge is 2.53. The molecule has 1 aliphatic rings. The third kappa shape index (κ3) is 3.64. The second-order valence-electron chi connectivity index (χ2n) is 6.60. The van der Waals surface area contributed by atoms with E-state index in [1.807, 2.05) is 6.92 Å². The van der Waals surface area contributed by atoms with E-state index in [-0.39, 0.29) is 25.0 Å². The highest BCUT2D eigenvalue weighted by molar-refractivity contribution is 5.77. The molecule has 2 atom stereocenters. The Bertz CT molecular complexity index is 811. The molecule has 3 rings (SSSR count). The normalized spacial score (nSPS) is 21.2. The van der Waals surface area contributed by atoms with Gasteiger partial charge in [-0.1, -0.05) is 25.1 Å². The van der Waals surface area contributed by atoms with Crippen molar-refractivity contribution in [1.29, 1.82) is 0 Å². The fraction of sp³-hybridized carbons (Fsp3) is 0.350. The monoisotopic (exact) mass is 361 g/mol. The summed E-state index contributed by atoms with van der Waals surface area (Å²) in [7, 11) is 1.53. The van der Waals surface area contributed by atoms with Crippen molar-refractivity contribution in [2.75, 3.05) is 20.3 Å². The van der Waals surface area contributed by atoms with Crippen LogP contribution in [-0.4, -0.2) is 26.2 Å². The number of carbonyl (C=O) groups excluding carboxylic acids is 1. The Labute approximate surface area is 151 Å². The highest BCUT2D eigenvalue weighted by atomic mass is 19.1. The third-order valence-electron chi connectivity index (χ3n) is 4.95. The molecular weight excluding hydrogens is 340 g/mol. The van der Waals surface area contributed by atoms with E-state index in [1.54, 1.807) is 24.3 Å². The molecule has 4 nitrogen and oxygen atoms in total. The van der Waals surface area contributed by atoms with Crippen LogP contribution in [0.25, 0.3) is 0 Å². The number of carbonyl (C=O) groups is 1. The molecule has 1 amide bonds. The quantitative estimate of drug-likeness (QED) is 0.822. The van der Waals surface area contributed by atoms with Crippen LogP contribution < -0.4 is 14.8 Å². The standard InChI is InChI=1S/C20H21F2NO3/c1-13-10-20(13,15-8-7-14(21)9-16(15)22)12-23-19(24)11-26-18-6-4-3-5-17(18)25-2/h3-9,13H,10-12H2,1-2H3,(H,23,24). The molecule has 1 aliphatic carbocycles. The van der Waals surface area contributed by atoms with Crippen molar-refractivity contribution >= 4 is 5.91 Å². The number of nitrogens with one attached hydrogen (secondary N) is 1. The summed E-state index contributed by atoms with van der Waals surface area (Å²) < 4.78 is 38.0. The summed E-state index contributed by atoms with van der Waals surface area (Å²) in [5.41, 5.74) is -0.0462. The number of benzene rings is 2. The maximum absolute atomic E-state index is 14.1. The lowest BCUT2D eigenvalue weighted by Crippen LogP contribution is -2.36. The first-order chi connectivity index (χ1) is 12.5. The van der Waals surface area contributed by atoms with Crippen molar-refractivity contribution in [1.82, 2.24) is 5.32 Å². The van der Waals surface area contributed by atoms with Gasteiger partial charge in [-0.25, -0.2) is 8.78 Å². The highest BCUT2D eigenvalue weighted by Crippen LogP contribution is 2.54. The predicted octanol–water partition coefficient (Wildman–Crippen LogP) is 3.45. The minimum Gasteiger partial charge on any atom is -0.493 e. The van der Waals surface area contributed by atoms with Crippen LogP contribution in [0.1, 0.15) is 18.9 Å². The van der Waals surface area contributed by atoms with E-state index in [2.05, 4.69) is 5.32 Å². The number of ether oxygens (including phenoxy) is 2. The van der Waals surface area contributed by atoms with Gasteiger partial charge in [0.2, 0.25) is 0 Å². The molecule has 1 N–H and O–H groups in total. The van der Waals surface area contributed by atoms with Crippen molar-refractivity contribution < 1.29 is 23.0 Å². The zero-order valence-corrected chi connectivity index (χ0v) is 14.7. The van der Waals surface area contributed by atoms with Crippen molar-refractivity contribution in [3.8, 4) is 11.5 Å². The van der Waals surface area contributed by atoms with Crippen LogP contribution in [0.5, 0.6) is 11.5 Å².